The second-order valence-electron chi connectivity index (χ2n) is 3.51. The lowest BCUT2D eigenvalue weighted by Crippen LogP contribution is -1.98. The Morgan fingerprint density at radius 2 is 2.18 bits per heavy atom. The first-order valence-electron chi connectivity index (χ1n) is 4.95. The average molecular weight is 245 g/mol. The number of nitrogens with one attached hydrogen (secondary N) is 1. The first kappa shape index (κ1) is 11.4. The van der Waals surface area contributed by atoms with Crippen LogP contribution < -0.4 is 5.32 Å². The van der Waals surface area contributed by atoms with E-state index in [0.29, 0.717) is 22.1 Å². The summed E-state index contributed by atoms with van der Waals surface area (Å²) in [5, 5.41) is 20.1. The van der Waals surface area contributed by atoms with Gasteiger partial charge in [0.25, 0.3) is 0 Å². The zero-order valence-corrected chi connectivity index (χ0v) is 9.86. The van der Waals surface area contributed by atoms with Gasteiger partial charge in [-0.1, -0.05) is 17.7 Å². The number of rotatable bonds is 2. The Bertz CT molecular complexity index is 589. The van der Waals surface area contributed by atoms with E-state index in [2.05, 4.69) is 15.5 Å². The number of hydrogen-bond donors (Lipinski definition) is 1. The van der Waals surface area contributed by atoms with Crippen LogP contribution in [0.5, 0.6) is 0 Å². The molecule has 5 heteroatoms. The molecule has 0 amide bonds. The number of benzene rings is 1. The van der Waals surface area contributed by atoms with Gasteiger partial charge in [0, 0.05) is 0 Å². The highest BCUT2D eigenvalue weighted by molar-refractivity contribution is 6.33. The van der Waals surface area contributed by atoms with Crippen LogP contribution in [0.3, 0.4) is 0 Å². The lowest BCUT2D eigenvalue weighted by molar-refractivity contribution is 1.03. The molecule has 0 aliphatic carbocycles. The topological polar surface area (TPSA) is 61.6 Å². The number of nitriles is 1. The number of halogens is 1. The van der Waals surface area contributed by atoms with Crippen molar-refractivity contribution < 1.29 is 0 Å². The van der Waals surface area contributed by atoms with Crippen molar-refractivity contribution in [2.24, 2.45) is 0 Å². The number of aromatic nitrogens is 2. The van der Waals surface area contributed by atoms with Gasteiger partial charge in [-0.2, -0.15) is 10.4 Å². The van der Waals surface area contributed by atoms with Crippen molar-refractivity contribution in [2.75, 3.05) is 5.32 Å². The van der Waals surface area contributed by atoms with Crippen molar-refractivity contribution in [3.63, 3.8) is 0 Å². The fraction of sp³-hybridized carbons (Fsp3) is 0.0833. The Morgan fingerprint density at radius 1 is 1.35 bits per heavy atom. The summed E-state index contributed by atoms with van der Waals surface area (Å²) in [6, 6.07) is 9.24. The highest BCUT2D eigenvalue weighted by atomic mass is 35.5. The van der Waals surface area contributed by atoms with Crippen LogP contribution in [-0.2, 0) is 0 Å². The molecule has 2 rings (SSSR count). The van der Waals surface area contributed by atoms with Crippen molar-refractivity contribution in [2.45, 2.75) is 6.92 Å². The number of nitrogens with zero attached hydrogens (tertiary/aromatic N) is 3. The summed E-state index contributed by atoms with van der Waals surface area (Å²) >= 11 is 6.08. The molecule has 2 aromatic rings. The fourth-order valence-electron chi connectivity index (χ4n) is 1.36. The molecule has 0 saturated heterocycles. The van der Waals surface area contributed by atoms with E-state index in [9.17, 15) is 0 Å². The summed E-state index contributed by atoms with van der Waals surface area (Å²) in [4.78, 5) is 0. The van der Waals surface area contributed by atoms with E-state index in [4.69, 9.17) is 16.9 Å². The van der Waals surface area contributed by atoms with Gasteiger partial charge in [0.15, 0.2) is 5.82 Å². The third-order valence-corrected chi connectivity index (χ3v) is 2.53. The Morgan fingerprint density at radius 3 is 2.88 bits per heavy atom. The van der Waals surface area contributed by atoms with Gasteiger partial charge in [-0.3, -0.25) is 0 Å². The Hall–Kier alpha value is -2.12. The molecule has 1 aromatic carbocycles. The van der Waals surface area contributed by atoms with Gasteiger partial charge < -0.3 is 5.32 Å². The molecule has 0 bridgehead atoms. The molecule has 84 valence electrons. The monoisotopic (exact) mass is 244 g/mol. The highest BCUT2D eigenvalue weighted by Gasteiger charge is 2.06. The van der Waals surface area contributed by atoms with Crippen LogP contribution >= 0.6 is 11.6 Å². The van der Waals surface area contributed by atoms with Gasteiger partial charge in [-0.05, 0) is 30.7 Å². The zero-order valence-electron chi connectivity index (χ0n) is 9.11. The number of aryl methyl sites for hydroxylation is 1. The summed E-state index contributed by atoms with van der Waals surface area (Å²) in [6.07, 6.45) is 1.47. The summed E-state index contributed by atoms with van der Waals surface area (Å²) in [6.45, 7) is 1.96. The van der Waals surface area contributed by atoms with Crippen LogP contribution in [0.25, 0.3) is 0 Å². The molecule has 17 heavy (non-hydrogen) atoms. The van der Waals surface area contributed by atoms with Crippen molar-refractivity contribution in [3.8, 4) is 6.07 Å². The minimum Gasteiger partial charge on any atom is -0.336 e. The van der Waals surface area contributed by atoms with E-state index < -0.39 is 0 Å². The maximum atomic E-state index is 8.92. The quantitative estimate of drug-likeness (QED) is 0.882. The molecule has 0 saturated carbocycles. The van der Waals surface area contributed by atoms with Crippen molar-refractivity contribution in [1.29, 1.82) is 5.26 Å². The minimum atomic E-state index is 0.403. The van der Waals surface area contributed by atoms with Gasteiger partial charge in [0.1, 0.15) is 6.07 Å². The summed E-state index contributed by atoms with van der Waals surface area (Å²) in [7, 11) is 0. The van der Waals surface area contributed by atoms with Gasteiger partial charge >= 0.3 is 0 Å². The second kappa shape index (κ2) is 4.81. The van der Waals surface area contributed by atoms with E-state index in [1.807, 2.05) is 31.2 Å². The molecule has 4 nitrogen and oxygen atoms in total. The third-order valence-electron chi connectivity index (χ3n) is 2.22. The van der Waals surface area contributed by atoms with E-state index >= 15 is 0 Å². The normalized spacial score (nSPS) is 9.71. The average Bonchev–Trinajstić information content (AvgIpc) is 2.33. The Kier molecular flexibility index (Phi) is 3.22. The largest absolute Gasteiger partial charge is 0.336 e. The molecule has 0 fully saturated rings. The van der Waals surface area contributed by atoms with Crippen LogP contribution in [0.15, 0.2) is 30.5 Å². The molecule has 1 heterocycles. The van der Waals surface area contributed by atoms with Crippen LogP contribution in [0.1, 0.15) is 11.1 Å². The van der Waals surface area contributed by atoms with Crippen LogP contribution in [-0.4, -0.2) is 10.2 Å². The maximum absolute atomic E-state index is 8.92. The number of hydrogen-bond acceptors (Lipinski definition) is 4. The van der Waals surface area contributed by atoms with Crippen molar-refractivity contribution in [1.82, 2.24) is 10.2 Å². The first-order valence-corrected chi connectivity index (χ1v) is 5.33. The predicted molar refractivity (Wildman–Crippen MR) is 66.2 cm³/mol. The van der Waals surface area contributed by atoms with Gasteiger partial charge in [-0.15, -0.1) is 5.10 Å². The van der Waals surface area contributed by atoms with Gasteiger partial charge in [0.2, 0.25) is 0 Å². The summed E-state index contributed by atoms with van der Waals surface area (Å²) < 4.78 is 0. The number of anilines is 2. The van der Waals surface area contributed by atoms with Crippen LogP contribution in [0.2, 0.25) is 5.02 Å². The molecule has 1 aromatic heterocycles. The van der Waals surface area contributed by atoms with E-state index in [1.54, 1.807) is 6.07 Å². The van der Waals surface area contributed by atoms with E-state index in [0.717, 1.165) is 5.56 Å². The Balaban J connectivity index is 2.35. The molecule has 0 radical (unpaired) electrons. The van der Waals surface area contributed by atoms with Crippen LogP contribution in [0, 0.1) is 18.3 Å². The third kappa shape index (κ3) is 2.52. The minimum absolute atomic E-state index is 0.403. The fourth-order valence-corrected chi connectivity index (χ4v) is 1.65. The molecule has 0 spiro atoms. The molecule has 0 unspecified atom stereocenters. The second-order valence-corrected chi connectivity index (χ2v) is 3.92. The molecule has 0 atom stereocenters. The SMILES string of the molecule is Cc1ccc(Nc2nnccc2C#N)c(Cl)c1. The van der Waals surface area contributed by atoms with Gasteiger partial charge in [-0.25, -0.2) is 0 Å². The Labute approximate surface area is 104 Å². The maximum Gasteiger partial charge on any atom is 0.171 e. The van der Waals surface area contributed by atoms with Crippen molar-refractivity contribution in [3.05, 3.63) is 46.6 Å². The molecular weight excluding hydrogens is 236 g/mol. The summed E-state index contributed by atoms with van der Waals surface area (Å²) in [5.41, 5.74) is 2.20. The first-order chi connectivity index (χ1) is 8.20. The lowest BCUT2D eigenvalue weighted by atomic mass is 10.2. The molecule has 1 N–H and O–H groups in total. The molecular formula is C12H9ClN4. The highest BCUT2D eigenvalue weighted by Crippen LogP contribution is 2.26. The molecule has 0 aliphatic rings. The smallest absolute Gasteiger partial charge is 0.171 e. The standard InChI is InChI=1S/C12H9ClN4/c1-8-2-3-11(10(13)6-8)16-12-9(7-14)4-5-15-17-12/h2-6H,1H3,(H,16,17). The van der Waals surface area contributed by atoms with Crippen molar-refractivity contribution >= 4 is 23.1 Å². The summed E-state index contributed by atoms with van der Waals surface area (Å²) in [5.74, 6) is 0.403. The molecule has 0 aliphatic heterocycles. The van der Waals surface area contributed by atoms with Crippen LogP contribution in [0.4, 0.5) is 11.5 Å². The van der Waals surface area contributed by atoms with Gasteiger partial charge in [0.05, 0.1) is 22.5 Å². The van der Waals surface area contributed by atoms with E-state index in [1.165, 1.54) is 6.20 Å². The van der Waals surface area contributed by atoms with E-state index in [-0.39, 0.29) is 0 Å². The predicted octanol–water partition coefficient (Wildman–Crippen LogP) is 3.05. The zero-order chi connectivity index (χ0) is 12.3. The lowest BCUT2D eigenvalue weighted by Gasteiger charge is -2.08.